The number of hydrogen-bond acceptors (Lipinski definition) is 8. The van der Waals surface area contributed by atoms with Crippen molar-refractivity contribution in [2.45, 2.75) is 24.5 Å². The predicted octanol–water partition coefficient (Wildman–Crippen LogP) is -2.67. The zero-order valence-corrected chi connectivity index (χ0v) is 12.1. The van der Waals surface area contributed by atoms with E-state index in [0.717, 1.165) is 30.0 Å². The first-order valence-corrected chi connectivity index (χ1v) is 6.63. The van der Waals surface area contributed by atoms with Gasteiger partial charge in [0.2, 0.25) is 0 Å². The number of H-pyrrole nitrogens is 1. The normalized spacial score (nSPS) is 27.5. The average Bonchev–Trinajstić information content (AvgIpc) is 2.81. The number of aliphatic hydroxyl groups excluding tert-OH is 3. The van der Waals surface area contributed by atoms with Crippen molar-refractivity contribution in [1.82, 2.24) is 9.55 Å². The fraction of sp³-hybridized carbons (Fsp3) is 0.462. The number of aromatic amines is 1. The van der Waals surface area contributed by atoms with Crippen LogP contribution in [0.4, 0.5) is 0 Å². The van der Waals surface area contributed by atoms with Crippen LogP contribution in [0.15, 0.2) is 21.9 Å². The summed E-state index contributed by atoms with van der Waals surface area (Å²) in [5.41, 5.74) is -1.69. The van der Waals surface area contributed by atoms with Gasteiger partial charge in [-0.3, -0.25) is 14.3 Å². The standard InChI is InChI=1S/C13H16N2O8/c1-22-8(17)3-2-6-4-15(13(21)14-11(6)20)12-10(19)9(18)7(5-16)23-12/h2-4,7,9-10,12,16,18-19H,5H2,1H3,(H,14,20,21)/t7-,9-,10-,12-/m1/s1. The van der Waals surface area contributed by atoms with E-state index in [-0.39, 0.29) is 5.56 Å². The summed E-state index contributed by atoms with van der Waals surface area (Å²) >= 11 is 0. The van der Waals surface area contributed by atoms with Crippen LogP contribution in [0, 0.1) is 0 Å². The maximum atomic E-state index is 11.9. The van der Waals surface area contributed by atoms with Crippen molar-refractivity contribution >= 4 is 12.0 Å². The van der Waals surface area contributed by atoms with E-state index in [9.17, 15) is 24.6 Å². The van der Waals surface area contributed by atoms with Crippen LogP contribution in [0.5, 0.6) is 0 Å². The van der Waals surface area contributed by atoms with E-state index >= 15 is 0 Å². The van der Waals surface area contributed by atoms with Crippen molar-refractivity contribution in [3.63, 3.8) is 0 Å². The van der Waals surface area contributed by atoms with Gasteiger partial charge in [0, 0.05) is 12.3 Å². The molecule has 0 amide bonds. The third kappa shape index (κ3) is 3.40. The highest BCUT2D eigenvalue weighted by Gasteiger charge is 2.43. The van der Waals surface area contributed by atoms with Crippen LogP contribution >= 0.6 is 0 Å². The molecule has 1 aromatic rings. The third-order valence-corrected chi connectivity index (χ3v) is 3.39. The van der Waals surface area contributed by atoms with Crippen LogP contribution in [0.1, 0.15) is 11.8 Å². The van der Waals surface area contributed by atoms with E-state index in [1.807, 2.05) is 4.98 Å². The number of aromatic nitrogens is 2. The highest BCUT2D eigenvalue weighted by Crippen LogP contribution is 2.27. The monoisotopic (exact) mass is 328 g/mol. The number of nitrogens with zero attached hydrogens (tertiary/aromatic N) is 1. The highest BCUT2D eigenvalue weighted by atomic mass is 16.6. The zero-order valence-electron chi connectivity index (χ0n) is 12.1. The van der Waals surface area contributed by atoms with E-state index in [1.165, 1.54) is 0 Å². The molecule has 0 aliphatic carbocycles. The molecule has 1 aromatic heterocycles. The smallest absolute Gasteiger partial charge is 0.330 e. The van der Waals surface area contributed by atoms with E-state index < -0.39 is 48.4 Å². The van der Waals surface area contributed by atoms with Crippen LogP contribution in [0.25, 0.3) is 6.08 Å². The van der Waals surface area contributed by atoms with Gasteiger partial charge < -0.3 is 24.8 Å². The molecule has 2 rings (SSSR count). The quantitative estimate of drug-likeness (QED) is 0.345. The Morgan fingerprint density at radius 1 is 1.43 bits per heavy atom. The summed E-state index contributed by atoms with van der Waals surface area (Å²) in [6.45, 7) is -0.554. The van der Waals surface area contributed by atoms with Gasteiger partial charge in [0.05, 0.1) is 19.3 Å². The van der Waals surface area contributed by atoms with Crippen molar-refractivity contribution in [1.29, 1.82) is 0 Å². The van der Waals surface area contributed by atoms with Gasteiger partial charge in [0.25, 0.3) is 5.56 Å². The first-order valence-electron chi connectivity index (χ1n) is 6.63. The molecule has 0 aromatic carbocycles. The lowest BCUT2D eigenvalue weighted by molar-refractivity contribution is -0.134. The number of rotatable bonds is 4. The number of nitrogens with one attached hydrogen (secondary N) is 1. The summed E-state index contributed by atoms with van der Waals surface area (Å²) in [7, 11) is 1.16. The largest absolute Gasteiger partial charge is 0.466 e. The van der Waals surface area contributed by atoms with Crippen molar-refractivity contribution in [3.8, 4) is 0 Å². The highest BCUT2D eigenvalue weighted by molar-refractivity contribution is 5.86. The molecule has 1 fully saturated rings. The number of aliphatic hydroxyl groups is 3. The molecular weight excluding hydrogens is 312 g/mol. The lowest BCUT2D eigenvalue weighted by Gasteiger charge is -2.17. The lowest BCUT2D eigenvalue weighted by atomic mass is 10.1. The topological polar surface area (TPSA) is 151 Å². The Labute approximate surface area is 129 Å². The summed E-state index contributed by atoms with van der Waals surface area (Å²) in [6.07, 6.45) is -2.05. The first kappa shape index (κ1) is 17.1. The number of carbonyl (C=O) groups excluding carboxylic acids is 1. The van der Waals surface area contributed by atoms with Crippen molar-refractivity contribution in [2.75, 3.05) is 13.7 Å². The van der Waals surface area contributed by atoms with Gasteiger partial charge in [-0.2, -0.15) is 0 Å². The number of esters is 1. The fourth-order valence-corrected chi connectivity index (χ4v) is 2.14. The number of hydrogen-bond donors (Lipinski definition) is 4. The van der Waals surface area contributed by atoms with Crippen LogP contribution in [-0.2, 0) is 14.3 Å². The molecule has 10 heteroatoms. The summed E-state index contributed by atoms with van der Waals surface area (Å²) in [5.74, 6) is -0.699. The van der Waals surface area contributed by atoms with Crippen molar-refractivity contribution in [2.24, 2.45) is 0 Å². The number of methoxy groups -OCH3 is 1. The summed E-state index contributed by atoms with van der Waals surface area (Å²) in [4.78, 5) is 36.7. The fourth-order valence-electron chi connectivity index (χ4n) is 2.14. The maximum absolute atomic E-state index is 11.9. The van der Waals surface area contributed by atoms with Crippen molar-refractivity contribution in [3.05, 3.63) is 38.7 Å². The third-order valence-electron chi connectivity index (χ3n) is 3.39. The Morgan fingerprint density at radius 3 is 2.70 bits per heavy atom. The minimum absolute atomic E-state index is 0.0623. The SMILES string of the molecule is COC(=O)C=Cc1cn([C@@H]2O[C@H](CO)[C@@H](O)[C@H]2O)c(=O)[nH]c1=O. The van der Waals surface area contributed by atoms with Crippen LogP contribution in [0.2, 0.25) is 0 Å². The van der Waals surface area contributed by atoms with E-state index in [2.05, 4.69) is 4.74 Å². The zero-order chi connectivity index (χ0) is 17.1. The number of carbonyl (C=O) groups is 1. The molecule has 1 aliphatic rings. The minimum Gasteiger partial charge on any atom is -0.466 e. The van der Waals surface area contributed by atoms with E-state index in [0.29, 0.717) is 0 Å². The molecule has 0 radical (unpaired) electrons. The Balaban J connectivity index is 2.40. The molecule has 0 spiro atoms. The van der Waals surface area contributed by atoms with E-state index in [1.54, 1.807) is 0 Å². The lowest BCUT2D eigenvalue weighted by Crippen LogP contribution is -2.38. The Hall–Kier alpha value is -2.27. The van der Waals surface area contributed by atoms with Gasteiger partial charge >= 0.3 is 11.7 Å². The van der Waals surface area contributed by atoms with Gasteiger partial charge in [-0.25, -0.2) is 9.59 Å². The maximum Gasteiger partial charge on any atom is 0.330 e. The van der Waals surface area contributed by atoms with Gasteiger partial charge in [0.15, 0.2) is 6.23 Å². The van der Waals surface area contributed by atoms with Gasteiger partial charge in [-0.15, -0.1) is 0 Å². The molecular formula is C13H16N2O8. The Kier molecular flexibility index (Phi) is 5.11. The minimum atomic E-state index is -1.48. The second kappa shape index (κ2) is 6.87. The number of ether oxygens (including phenoxy) is 2. The Bertz CT molecular complexity index is 721. The molecule has 126 valence electrons. The van der Waals surface area contributed by atoms with Gasteiger partial charge in [-0.1, -0.05) is 0 Å². The molecule has 4 N–H and O–H groups in total. The second-order valence-corrected chi connectivity index (χ2v) is 4.84. The molecule has 23 heavy (non-hydrogen) atoms. The molecule has 2 heterocycles. The molecule has 1 saturated heterocycles. The first-order chi connectivity index (χ1) is 10.9. The van der Waals surface area contributed by atoms with Gasteiger partial charge in [-0.05, 0) is 6.08 Å². The van der Waals surface area contributed by atoms with Crippen LogP contribution in [-0.4, -0.2) is 62.9 Å². The molecule has 1 aliphatic heterocycles. The van der Waals surface area contributed by atoms with Crippen LogP contribution in [0.3, 0.4) is 0 Å². The summed E-state index contributed by atoms with van der Waals surface area (Å²) in [6, 6.07) is 0. The Morgan fingerprint density at radius 2 is 2.13 bits per heavy atom. The van der Waals surface area contributed by atoms with Gasteiger partial charge in [0.1, 0.15) is 18.3 Å². The summed E-state index contributed by atoms with van der Waals surface area (Å²) in [5, 5.41) is 28.7. The average molecular weight is 328 g/mol. The predicted molar refractivity (Wildman–Crippen MR) is 75.4 cm³/mol. The molecule has 0 saturated carbocycles. The van der Waals surface area contributed by atoms with E-state index in [4.69, 9.17) is 9.84 Å². The van der Waals surface area contributed by atoms with Crippen LogP contribution < -0.4 is 11.2 Å². The summed E-state index contributed by atoms with van der Waals surface area (Å²) < 4.78 is 10.5. The molecule has 10 nitrogen and oxygen atoms in total. The van der Waals surface area contributed by atoms with Crippen molar-refractivity contribution < 1.29 is 29.6 Å². The molecule has 0 unspecified atom stereocenters. The second-order valence-electron chi connectivity index (χ2n) is 4.84. The molecule has 4 atom stereocenters. The molecule has 0 bridgehead atoms.